The number of aromatic nitrogens is 2. The van der Waals surface area contributed by atoms with E-state index in [0.29, 0.717) is 12.1 Å². The zero-order valence-electron chi connectivity index (χ0n) is 14.2. The van der Waals surface area contributed by atoms with Crippen LogP contribution in [0.5, 0.6) is 0 Å². The van der Waals surface area contributed by atoms with Gasteiger partial charge in [0.25, 0.3) is 0 Å². The second-order valence-corrected chi connectivity index (χ2v) is 6.77. The first-order valence-corrected chi connectivity index (χ1v) is 8.25. The Kier molecular flexibility index (Phi) is 5.71. The summed E-state index contributed by atoms with van der Waals surface area (Å²) in [6, 6.07) is 0.994. The Morgan fingerprint density at radius 2 is 2.10 bits per heavy atom. The van der Waals surface area contributed by atoms with Crippen molar-refractivity contribution >= 4 is 0 Å². The van der Waals surface area contributed by atoms with Crippen molar-refractivity contribution in [2.45, 2.75) is 59.5 Å². The molecule has 1 aliphatic heterocycles. The molecule has 0 aromatic carbocycles. The van der Waals surface area contributed by atoms with Crippen LogP contribution in [0, 0.1) is 19.8 Å². The van der Waals surface area contributed by atoms with E-state index in [1.807, 2.05) is 13.1 Å². The quantitative estimate of drug-likeness (QED) is 0.874. The Morgan fingerprint density at radius 3 is 2.76 bits per heavy atom. The molecule has 0 unspecified atom stereocenters. The summed E-state index contributed by atoms with van der Waals surface area (Å²) in [6.07, 6.45) is 4.62. The smallest absolute Gasteiger partial charge is 0.125 e. The van der Waals surface area contributed by atoms with Crippen molar-refractivity contribution in [3.63, 3.8) is 0 Å². The van der Waals surface area contributed by atoms with E-state index in [4.69, 9.17) is 0 Å². The summed E-state index contributed by atoms with van der Waals surface area (Å²) < 4.78 is 0. The normalized spacial score (nSPS) is 21.1. The molecule has 21 heavy (non-hydrogen) atoms. The van der Waals surface area contributed by atoms with E-state index < -0.39 is 0 Å². The molecule has 1 fully saturated rings. The maximum atomic E-state index is 4.47. The van der Waals surface area contributed by atoms with Gasteiger partial charge >= 0.3 is 0 Å². The first-order valence-electron chi connectivity index (χ1n) is 8.25. The Balaban J connectivity index is 1.89. The molecule has 118 valence electrons. The first-order chi connectivity index (χ1) is 9.97. The summed E-state index contributed by atoms with van der Waals surface area (Å²) >= 11 is 0. The second-order valence-electron chi connectivity index (χ2n) is 6.77. The van der Waals surface area contributed by atoms with Crippen LogP contribution in [0.15, 0.2) is 6.20 Å². The fraction of sp³-hybridized carbons (Fsp3) is 0.765. The Bertz CT molecular complexity index is 458. The Morgan fingerprint density at radius 1 is 1.33 bits per heavy atom. The predicted molar refractivity (Wildman–Crippen MR) is 87.4 cm³/mol. The fourth-order valence-electron chi connectivity index (χ4n) is 3.28. The predicted octanol–water partition coefficient (Wildman–Crippen LogP) is 2.86. The molecule has 4 nitrogen and oxygen atoms in total. The third kappa shape index (κ3) is 4.48. The van der Waals surface area contributed by atoms with E-state index in [2.05, 4.69) is 47.9 Å². The van der Waals surface area contributed by atoms with Crippen LogP contribution in [0.1, 0.15) is 56.7 Å². The van der Waals surface area contributed by atoms with Gasteiger partial charge in [-0.05, 0) is 46.1 Å². The van der Waals surface area contributed by atoms with Gasteiger partial charge in [0.15, 0.2) is 0 Å². The van der Waals surface area contributed by atoms with Gasteiger partial charge in [-0.25, -0.2) is 9.97 Å². The highest BCUT2D eigenvalue weighted by molar-refractivity contribution is 5.19. The molecular weight excluding hydrogens is 260 g/mol. The maximum absolute atomic E-state index is 4.47. The van der Waals surface area contributed by atoms with Crippen LogP contribution in [0.3, 0.4) is 0 Å². The number of nitrogens with zero attached hydrogens (tertiary/aromatic N) is 3. The highest BCUT2D eigenvalue weighted by Gasteiger charge is 2.25. The lowest BCUT2D eigenvalue weighted by molar-refractivity contribution is 0.218. The van der Waals surface area contributed by atoms with Crippen molar-refractivity contribution in [3.8, 4) is 0 Å². The average molecular weight is 290 g/mol. The van der Waals surface area contributed by atoms with Crippen LogP contribution in [0.25, 0.3) is 0 Å². The second kappa shape index (κ2) is 7.32. The zero-order chi connectivity index (χ0) is 15.4. The third-order valence-corrected chi connectivity index (χ3v) is 4.36. The van der Waals surface area contributed by atoms with Crippen LogP contribution in [0.2, 0.25) is 0 Å². The molecule has 1 aromatic rings. The molecule has 2 rings (SSSR count). The topological polar surface area (TPSA) is 41.1 Å². The molecule has 1 N–H and O–H groups in total. The van der Waals surface area contributed by atoms with E-state index in [1.165, 1.54) is 31.5 Å². The molecule has 0 aliphatic carbocycles. The van der Waals surface area contributed by atoms with Crippen molar-refractivity contribution in [2.24, 2.45) is 5.92 Å². The van der Waals surface area contributed by atoms with Crippen molar-refractivity contribution in [1.82, 2.24) is 20.2 Å². The molecule has 4 heteroatoms. The molecule has 2 heterocycles. The highest BCUT2D eigenvalue weighted by Crippen LogP contribution is 2.20. The van der Waals surface area contributed by atoms with Gasteiger partial charge in [0.05, 0.1) is 0 Å². The maximum Gasteiger partial charge on any atom is 0.125 e. The number of hydrogen-bond donors (Lipinski definition) is 1. The van der Waals surface area contributed by atoms with E-state index in [1.54, 1.807) is 0 Å². The molecule has 1 saturated heterocycles. The third-order valence-electron chi connectivity index (χ3n) is 4.36. The van der Waals surface area contributed by atoms with E-state index in [9.17, 15) is 0 Å². The van der Waals surface area contributed by atoms with Gasteiger partial charge in [-0.1, -0.05) is 13.8 Å². The highest BCUT2D eigenvalue weighted by atomic mass is 15.2. The largest absolute Gasteiger partial charge is 0.309 e. The number of hydrogen-bond acceptors (Lipinski definition) is 4. The van der Waals surface area contributed by atoms with Crippen molar-refractivity contribution in [1.29, 1.82) is 0 Å². The van der Waals surface area contributed by atoms with Crippen LogP contribution >= 0.6 is 0 Å². The summed E-state index contributed by atoms with van der Waals surface area (Å²) in [5.41, 5.74) is 2.31. The summed E-state index contributed by atoms with van der Waals surface area (Å²) in [5, 5.41) is 3.68. The number of nitrogens with one attached hydrogen (secondary N) is 1. The molecule has 0 amide bonds. The summed E-state index contributed by atoms with van der Waals surface area (Å²) in [4.78, 5) is 11.4. The van der Waals surface area contributed by atoms with Crippen LogP contribution in [-0.4, -0.2) is 40.5 Å². The van der Waals surface area contributed by atoms with E-state index >= 15 is 0 Å². The van der Waals surface area contributed by atoms with Crippen LogP contribution < -0.4 is 5.32 Å². The Hall–Kier alpha value is -1.00. The fourth-order valence-corrected chi connectivity index (χ4v) is 3.28. The van der Waals surface area contributed by atoms with Crippen molar-refractivity contribution in [2.75, 3.05) is 19.6 Å². The SMILES string of the molecule is Cc1ncc([C@@H](C)NC[C@@H]2CCCN2CC(C)C)c(C)n1. The Labute approximate surface area is 129 Å². The van der Waals surface area contributed by atoms with Crippen molar-refractivity contribution < 1.29 is 0 Å². The van der Waals surface area contributed by atoms with E-state index in [0.717, 1.165) is 24.0 Å². The zero-order valence-corrected chi connectivity index (χ0v) is 14.2. The van der Waals surface area contributed by atoms with Gasteiger partial charge in [0.1, 0.15) is 5.82 Å². The summed E-state index contributed by atoms with van der Waals surface area (Å²) in [6.45, 7) is 14.4. The molecule has 0 radical (unpaired) electrons. The average Bonchev–Trinajstić information content (AvgIpc) is 2.82. The monoisotopic (exact) mass is 290 g/mol. The van der Waals surface area contributed by atoms with Gasteiger partial charge in [0.2, 0.25) is 0 Å². The number of likely N-dealkylation sites (tertiary alicyclic amines) is 1. The van der Waals surface area contributed by atoms with Crippen LogP contribution in [0.4, 0.5) is 0 Å². The molecular formula is C17H30N4. The van der Waals surface area contributed by atoms with Gasteiger partial charge in [0, 0.05) is 42.6 Å². The molecule has 2 atom stereocenters. The lowest BCUT2D eigenvalue weighted by Crippen LogP contribution is -2.40. The van der Waals surface area contributed by atoms with Crippen LogP contribution in [-0.2, 0) is 0 Å². The molecule has 1 aliphatic rings. The molecule has 0 bridgehead atoms. The minimum absolute atomic E-state index is 0.312. The minimum Gasteiger partial charge on any atom is -0.309 e. The van der Waals surface area contributed by atoms with Gasteiger partial charge < -0.3 is 5.32 Å². The summed E-state index contributed by atoms with van der Waals surface area (Å²) in [7, 11) is 0. The number of aryl methyl sites for hydroxylation is 2. The number of rotatable bonds is 6. The molecule has 0 saturated carbocycles. The summed E-state index contributed by atoms with van der Waals surface area (Å²) in [5.74, 6) is 1.60. The minimum atomic E-state index is 0.312. The first kappa shape index (κ1) is 16.4. The van der Waals surface area contributed by atoms with Gasteiger partial charge in [-0.3, -0.25) is 4.90 Å². The standard InChI is InChI=1S/C17H30N4/c1-12(2)11-21-8-6-7-16(21)9-18-13(3)17-10-19-15(5)20-14(17)4/h10,12-13,16,18H,6-9,11H2,1-5H3/t13-,16+/m1/s1. The molecule has 0 spiro atoms. The molecule has 1 aromatic heterocycles. The van der Waals surface area contributed by atoms with Gasteiger partial charge in [-0.2, -0.15) is 0 Å². The lowest BCUT2D eigenvalue weighted by Gasteiger charge is -2.28. The van der Waals surface area contributed by atoms with E-state index in [-0.39, 0.29) is 0 Å². The van der Waals surface area contributed by atoms with Gasteiger partial charge in [-0.15, -0.1) is 0 Å². The lowest BCUT2D eigenvalue weighted by atomic mass is 10.1. The van der Waals surface area contributed by atoms with Crippen molar-refractivity contribution in [3.05, 3.63) is 23.3 Å².